The van der Waals surface area contributed by atoms with Gasteiger partial charge in [0.15, 0.2) is 0 Å². The van der Waals surface area contributed by atoms with Crippen LogP contribution in [0, 0.1) is 0 Å². The number of amides is 3. The maximum absolute atomic E-state index is 12.7. The third-order valence-electron chi connectivity index (χ3n) is 5.93. The first-order chi connectivity index (χ1) is 15.4. The lowest BCUT2D eigenvalue weighted by Crippen LogP contribution is -2.50. The van der Waals surface area contributed by atoms with E-state index in [1.807, 2.05) is 37.3 Å². The van der Waals surface area contributed by atoms with Gasteiger partial charge in [0.2, 0.25) is 0 Å². The van der Waals surface area contributed by atoms with Gasteiger partial charge in [0.1, 0.15) is 11.9 Å². The second-order valence-electron chi connectivity index (χ2n) is 7.89. The predicted molar refractivity (Wildman–Crippen MR) is 114 cm³/mol. The standard InChI is InChI=1S/C23H25F2N3O4/c1-15-20(16-7-3-2-4-8-16)32-23(30)28(15)17-11-13-27(14-12-17)22(29)26-18-9-5-6-10-19(18)31-21(24)25/h2-10,15,17,20-21H,11-14H2,1H3,(H,26,29)/t15-,20-/m1/s1. The van der Waals surface area contributed by atoms with Crippen LogP contribution >= 0.6 is 0 Å². The second kappa shape index (κ2) is 9.42. The largest absolute Gasteiger partial charge is 0.439 e. The Morgan fingerprint density at radius 1 is 1.09 bits per heavy atom. The van der Waals surface area contributed by atoms with Crippen molar-refractivity contribution in [2.24, 2.45) is 0 Å². The molecule has 0 saturated carbocycles. The van der Waals surface area contributed by atoms with Crippen LogP contribution in [-0.4, -0.2) is 53.7 Å². The zero-order chi connectivity index (χ0) is 22.7. The minimum absolute atomic E-state index is 0.0373. The number of hydrogen-bond donors (Lipinski definition) is 1. The van der Waals surface area contributed by atoms with E-state index in [1.165, 1.54) is 12.1 Å². The van der Waals surface area contributed by atoms with E-state index in [-0.39, 0.29) is 35.7 Å². The molecule has 2 aliphatic heterocycles. The summed E-state index contributed by atoms with van der Waals surface area (Å²) in [7, 11) is 0. The van der Waals surface area contributed by atoms with E-state index < -0.39 is 12.6 Å². The van der Waals surface area contributed by atoms with Crippen molar-refractivity contribution >= 4 is 17.8 Å². The number of likely N-dealkylation sites (tertiary alicyclic amines) is 1. The molecule has 2 atom stereocenters. The first-order valence-corrected chi connectivity index (χ1v) is 10.6. The normalized spacial score (nSPS) is 21.6. The highest BCUT2D eigenvalue weighted by molar-refractivity contribution is 5.91. The lowest BCUT2D eigenvalue weighted by Gasteiger charge is -2.37. The summed E-state index contributed by atoms with van der Waals surface area (Å²) in [5.41, 5.74) is 1.14. The number of nitrogens with one attached hydrogen (secondary N) is 1. The number of ether oxygens (including phenoxy) is 2. The van der Waals surface area contributed by atoms with Gasteiger partial charge in [-0.25, -0.2) is 9.59 Å². The first-order valence-electron chi connectivity index (χ1n) is 10.6. The van der Waals surface area contributed by atoms with Crippen LogP contribution in [0.1, 0.15) is 31.4 Å². The smallest absolute Gasteiger partial charge is 0.411 e. The monoisotopic (exact) mass is 445 g/mol. The fraction of sp³-hybridized carbons (Fsp3) is 0.391. The number of rotatable bonds is 5. The van der Waals surface area contributed by atoms with Crippen LogP contribution in [-0.2, 0) is 4.74 Å². The predicted octanol–water partition coefficient (Wildman–Crippen LogP) is 4.87. The molecule has 7 nitrogen and oxygen atoms in total. The van der Waals surface area contributed by atoms with Crippen LogP contribution in [0.4, 0.5) is 24.1 Å². The van der Waals surface area contributed by atoms with Gasteiger partial charge in [0, 0.05) is 19.1 Å². The molecule has 2 saturated heterocycles. The lowest BCUT2D eigenvalue weighted by molar-refractivity contribution is -0.0493. The van der Waals surface area contributed by atoms with Crippen LogP contribution in [0.3, 0.4) is 0 Å². The average Bonchev–Trinajstić information content (AvgIpc) is 3.09. The molecule has 0 bridgehead atoms. The quantitative estimate of drug-likeness (QED) is 0.713. The highest BCUT2D eigenvalue weighted by atomic mass is 19.3. The molecule has 0 radical (unpaired) electrons. The van der Waals surface area contributed by atoms with E-state index in [2.05, 4.69) is 10.1 Å². The van der Waals surface area contributed by atoms with Crippen molar-refractivity contribution in [1.82, 2.24) is 9.80 Å². The Hall–Kier alpha value is -3.36. The molecule has 2 aromatic rings. The minimum atomic E-state index is -2.98. The molecular weight excluding hydrogens is 420 g/mol. The minimum Gasteiger partial charge on any atom is -0.439 e. The van der Waals surface area contributed by atoms with Gasteiger partial charge in [-0.1, -0.05) is 42.5 Å². The number of piperidine rings is 1. The maximum atomic E-state index is 12.7. The van der Waals surface area contributed by atoms with E-state index in [9.17, 15) is 18.4 Å². The molecule has 0 aliphatic carbocycles. The number of urea groups is 1. The molecule has 0 spiro atoms. The summed E-state index contributed by atoms with van der Waals surface area (Å²) >= 11 is 0. The van der Waals surface area contributed by atoms with Gasteiger partial charge in [-0.05, 0) is 37.5 Å². The summed E-state index contributed by atoms with van der Waals surface area (Å²) in [5.74, 6) is -0.0914. The average molecular weight is 445 g/mol. The topological polar surface area (TPSA) is 71.1 Å². The van der Waals surface area contributed by atoms with Crippen LogP contribution in [0.2, 0.25) is 0 Å². The number of cyclic esters (lactones) is 1. The number of hydrogen-bond acceptors (Lipinski definition) is 4. The fourth-order valence-electron chi connectivity index (χ4n) is 4.36. The van der Waals surface area contributed by atoms with Gasteiger partial charge in [-0.2, -0.15) is 8.78 Å². The number of para-hydroxylation sites is 2. The zero-order valence-corrected chi connectivity index (χ0v) is 17.6. The summed E-state index contributed by atoms with van der Waals surface area (Å²) in [6.07, 6.45) is 0.538. The molecule has 4 rings (SSSR count). The van der Waals surface area contributed by atoms with Crippen LogP contribution in [0.15, 0.2) is 54.6 Å². The number of nitrogens with zero attached hydrogens (tertiary/aromatic N) is 2. The van der Waals surface area contributed by atoms with Crippen molar-refractivity contribution in [3.8, 4) is 5.75 Å². The lowest BCUT2D eigenvalue weighted by atomic mass is 9.98. The highest BCUT2D eigenvalue weighted by Gasteiger charge is 2.44. The van der Waals surface area contributed by atoms with E-state index >= 15 is 0 Å². The van der Waals surface area contributed by atoms with Crippen molar-refractivity contribution in [2.75, 3.05) is 18.4 Å². The van der Waals surface area contributed by atoms with Crippen LogP contribution in [0.5, 0.6) is 5.75 Å². The molecule has 2 aliphatic rings. The molecule has 2 fully saturated rings. The van der Waals surface area contributed by atoms with Gasteiger partial charge in [0.05, 0.1) is 11.7 Å². The number of halogens is 2. The summed E-state index contributed by atoms with van der Waals surface area (Å²) in [5, 5.41) is 2.64. The van der Waals surface area contributed by atoms with E-state index in [4.69, 9.17) is 4.74 Å². The molecule has 0 aromatic heterocycles. The Kier molecular flexibility index (Phi) is 6.43. The van der Waals surface area contributed by atoms with Crippen LogP contribution in [0.25, 0.3) is 0 Å². The molecule has 2 aromatic carbocycles. The van der Waals surface area contributed by atoms with Gasteiger partial charge in [0.25, 0.3) is 0 Å². The second-order valence-corrected chi connectivity index (χ2v) is 7.89. The Balaban J connectivity index is 1.35. The van der Waals surface area contributed by atoms with Gasteiger partial charge in [-0.15, -0.1) is 0 Å². The van der Waals surface area contributed by atoms with Gasteiger partial charge >= 0.3 is 18.7 Å². The number of carbonyl (C=O) groups excluding carboxylic acids is 2. The van der Waals surface area contributed by atoms with Crippen molar-refractivity contribution in [2.45, 2.75) is 44.6 Å². The third-order valence-corrected chi connectivity index (χ3v) is 5.93. The van der Waals surface area contributed by atoms with E-state index in [1.54, 1.807) is 21.9 Å². The zero-order valence-electron chi connectivity index (χ0n) is 17.6. The number of benzene rings is 2. The Morgan fingerprint density at radius 3 is 2.44 bits per heavy atom. The van der Waals surface area contributed by atoms with Crippen LogP contribution < -0.4 is 10.1 Å². The van der Waals surface area contributed by atoms with E-state index in [0.29, 0.717) is 25.9 Å². The SMILES string of the molecule is C[C@@H]1[C@H](c2ccccc2)OC(=O)N1C1CCN(C(=O)Nc2ccccc2OC(F)F)CC1. The molecule has 1 N–H and O–H groups in total. The summed E-state index contributed by atoms with van der Waals surface area (Å²) in [6.45, 7) is -0.144. The molecular formula is C23H25F2N3O4. The third kappa shape index (κ3) is 4.61. The summed E-state index contributed by atoms with van der Waals surface area (Å²) in [6, 6.07) is 15.2. The van der Waals surface area contributed by atoms with Gasteiger partial charge in [-0.3, -0.25) is 4.90 Å². The Morgan fingerprint density at radius 2 is 1.75 bits per heavy atom. The number of alkyl halides is 2. The number of anilines is 1. The summed E-state index contributed by atoms with van der Waals surface area (Å²) in [4.78, 5) is 28.6. The van der Waals surface area contributed by atoms with E-state index in [0.717, 1.165) is 5.56 Å². The highest BCUT2D eigenvalue weighted by Crippen LogP contribution is 2.36. The molecule has 2 heterocycles. The molecule has 9 heteroatoms. The molecule has 32 heavy (non-hydrogen) atoms. The Labute approximate surface area is 184 Å². The molecule has 3 amide bonds. The van der Waals surface area contributed by atoms with Crippen molar-refractivity contribution in [1.29, 1.82) is 0 Å². The fourth-order valence-corrected chi connectivity index (χ4v) is 4.36. The number of carbonyl (C=O) groups is 2. The molecule has 170 valence electrons. The Bertz CT molecular complexity index is 951. The van der Waals surface area contributed by atoms with Crippen molar-refractivity contribution in [3.63, 3.8) is 0 Å². The van der Waals surface area contributed by atoms with Gasteiger partial charge < -0.3 is 19.7 Å². The van der Waals surface area contributed by atoms with Crippen molar-refractivity contribution in [3.05, 3.63) is 60.2 Å². The summed E-state index contributed by atoms with van der Waals surface area (Å²) < 4.78 is 35.3. The maximum Gasteiger partial charge on any atom is 0.411 e. The molecule has 0 unspecified atom stereocenters. The first kappa shape index (κ1) is 21.9. The van der Waals surface area contributed by atoms with Crippen molar-refractivity contribution < 1.29 is 27.8 Å².